The van der Waals surface area contributed by atoms with Crippen molar-refractivity contribution in [3.8, 4) is 0 Å². The molecule has 2 rings (SSSR count). The van der Waals surface area contributed by atoms with Crippen molar-refractivity contribution in [1.82, 2.24) is 10.9 Å². The summed E-state index contributed by atoms with van der Waals surface area (Å²) in [6.07, 6.45) is 0.625. The fourth-order valence-electron chi connectivity index (χ4n) is 0.934. The molecule has 17 heavy (non-hydrogen) atoms. The Morgan fingerprint density at radius 1 is 1.24 bits per heavy atom. The van der Waals surface area contributed by atoms with Gasteiger partial charge in [0, 0.05) is 13.0 Å². The van der Waals surface area contributed by atoms with Gasteiger partial charge in [-0.15, -0.1) is 0 Å². The van der Waals surface area contributed by atoms with Crippen molar-refractivity contribution >= 4 is 65.9 Å². The first-order valence-corrected chi connectivity index (χ1v) is 7.48. The Morgan fingerprint density at radius 2 is 1.76 bits per heavy atom. The van der Waals surface area contributed by atoms with Crippen molar-refractivity contribution in [3.05, 3.63) is 30.3 Å². The molecule has 1 heterocycles. The van der Waals surface area contributed by atoms with Gasteiger partial charge in [-0.1, -0.05) is 0 Å². The van der Waals surface area contributed by atoms with Crippen molar-refractivity contribution < 1.29 is 18.1 Å². The summed E-state index contributed by atoms with van der Waals surface area (Å²) in [5, 5.41) is 0. The Bertz CT molecular complexity index is 338. The van der Waals surface area contributed by atoms with Crippen LogP contribution in [0.1, 0.15) is 6.42 Å². The topological polar surface area (TPSA) is 98.7 Å². The van der Waals surface area contributed by atoms with Crippen molar-refractivity contribution in [1.29, 1.82) is 0 Å². The maximum absolute atomic E-state index is 10.1. The fourth-order valence-corrected chi connectivity index (χ4v) is 1.54. The molecule has 0 saturated carbocycles. The molecule has 0 aromatic heterocycles. The summed E-state index contributed by atoms with van der Waals surface area (Å²) < 4.78 is 24.3. The van der Waals surface area contributed by atoms with E-state index in [2.05, 4.69) is 41.2 Å². The first-order valence-electron chi connectivity index (χ1n) is 4.85. The van der Waals surface area contributed by atoms with E-state index in [1.165, 1.54) is -0.342 Å². The van der Waals surface area contributed by atoms with Crippen LogP contribution in [-0.2, 0) is 16.2 Å². The van der Waals surface area contributed by atoms with Crippen LogP contribution in [0, 0.1) is 0 Å². The molecule has 0 unspecified atom stereocenters. The predicted molar refractivity (Wildman–Crippen MR) is 66.0 cm³/mol. The molecular weight excluding hydrogens is 271 g/mol. The van der Waals surface area contributed by atoms with E-state index in [0.29, 0.717) is 6.42 Å². The van der Waals surface area contributed by atoms with Crippen LogP contribution in [-0.4, -0.2) is 74.7 Å². The summed E-state index contributed by atoms with van der Waals surface area (Å²) in [5.41, 5.74) is 5.10. The predicted octanol–water partition coefficient (Wildman–Crippen LogP) is -0.828. The zero-order chi connectivity index (χ0) is 13.1. The quantitative estimate of drug-likeness (QED) is 0.368. The van der Waals surface area contributed by atoms with Gasteiger partial charge in [0.1, 0.15) is 0 Å². The molecule has 1 aromatic carbocycles. The minimum absolute atomic E-state index is 0.0926. The maximum atomic E-state index is 10.1. The van der Waals surface area contributed by atoms with E-state index in [9.17, 15) is 4.79 Å². The van der Waals surface area contributed by atoms with Crippen molar-refractivity contribution in [3.63, 3.8) is 0 Å². The molecule has 1 fully saturated rings. The van der Waals surface area contributed by atoms with Crippen molar-refractivity contribution in [2.75, 3.05) is 6.54 Å². The molecule has 1 saturated heterocycles. The third-order valence-electron chi connectivity index (χ3n) is 1.65. The van der Waals surface area contributed by atoms with Crippen LogP contribution in [0.2, 0.25) is 0 Å². The normalized spacial score (nSPS) is 13.1. The number of hydrazine groups is 1. The van der Waals surface area contributed by atoms with E-state index in [0.717, 1.165) is 55.5 Å². The van der Waals surface area contributed by atoms with Gasteiger partial charge in [-0.25, -0.2) is 5.43 Å². The average Bonchev–Trinajstić information content (AvgIpc) is 2.70. The van der Waals surface area contributed by atoms with Crippen LogP contribution < -0.4 is 10.5 Å². The molecule has 0 spiro atoms. The third kappa shape index (κ3) is 14.3. The van der Waals surface area contributed by atoms with Crippen molar-refractivity contribution in [2.45, 2.75) is 6.42 Å². The van der Waals surface area contributed by atoms with Gasteiger partial charge in [0.25, 0.3) is 11.4 Å². The number of carbonyl (C=O) groups is 1. The van der Waals surface area contributed by atoms with E-state index in [1.54, 1.807) is 0 Å². The Balaban J connectivity index is 0.000000236. The van der Waals surface area contributed by atoms with Gasteiger partial charge in [-0.3, -0.25) is 19.3 Å². The summed E-state index contributed by atoms with van der Waals surface area (Å²) in [6.45, 7) is 0.777. The second kappa shape index (κ2) is 11.4. The standard InChI is InChI=1S/C6H5.C3H6N2O.K.H2O3S/c1-2-4-6-5-3-1;6-3-1-2-4-5-3;;1-4(2)3/h1-5H;4H,1-2H2,(H,5,6);;(H2,1,2,3). The van der Waals surface area contributed by atoms with Crippen LogP contribution in [0.4, 0.5) is 0 Å². The SMILES string of the molecule is O=C1CCNN1.O=S(O)O.[K][c]1ccccc1. The number of benzene rings is 1. The second-order valence-electron chi connectivity index (χ2n) is 3.11. The Hall–Kier alpha value is 0.356. The molecule has 1 aromatic rings. The molecule has 8 heteroatoms. The number of amides is 1. The number of hydrogen-bond acceptors (Lipinski definition) is 3. The van der Waals surface area contributed by atoms with E-state index < -0.39 is 11.4 Å². The molecule has 1 aliphatic heterocycles. The van der Waals surface area contributed by atoms with Gasteiger partial charge >= 0.3 is 78.9 Å². The fraction of sp³-hybridized carbons (Fsp3) is 0.222. The van der Waals surface area contributed by atoms with E-state index in [-0.39, 0.29) is 5.91 Å². The van der Waals surface area contributed by atoms with Crippen LogP contribution in [0.3, 0.4) is 0 Å². The summed E-state index contributed by atoms with van der Waals surface area (Å²) in [5.74, 6) is 0.0926. The molecule has 0 radical (unpaired) electrons. The summed E-state index contributed by atoms with van der Waals surface area (Å²) >= 11 is -1.76. The minimum atomic E-state index is -2.61. The number of nitrogens with one attached hydrogen (secondary N) is 2. The van der Waals surface area contributed by atoms with Gasteiger partial charge in [0.2, 0.25) is 5.91 Å². The van der Waals surface area contributed by atoms with E-state index in [1.807, 2.05) is 0 Å². The molecule has 1 aliphatic rings. The molecule has 90 valence electrons. The Kier molecular flexibility index (Phi) is 11.7. The van der Waals surface area contributed by atoms with Crippen LogP contribution >= 0.6 is 0 Å². The first kappa shape index (κ1) is 17.4. The molecule has 4 N–H and O–H groups in total. The molecule has 0 aliphatic carbocycles. The van der Waals surface area contributed by atoms with E-state index >= 15 is 0 Å². The monoisotopic (exact) mass is 284 g/mol. The van der Waals surface area contributed by atoms with Gasteiger partial charge < -0.3 is 0 Å². The second-order valence-corrected chi connectivity index (χ2v) is 5.37. The summed E-state index contributed by atoms with van der Waals surface area (Å²) in [4.78, 5) is 10.1. The molecule has 0 bridgehead atoms. The number of rotatable bonds is 0. The zero-order valence-corrected chi connectivity index (χ0v) is 13.4. The molecule has 0 atom stereocenters. The molecule has 6 nitrogen and oxygen atoms in total. The summed E-state index contributed by atoms with van der Waals surface area (Å²) in [6, 6.07) is 10.6. The van der Waals surface area contributed by atoms with Crippen LogP contribution in [0.5, 0.6) is 0 Å². The van der Waals surface area contributed by atoms with Gasteiger partial charge in [0.05, 0.1) is 0 Å². The molecule has 1 amide bonds. The summed E-state index contributed by atoms with van der Waals surface area (Å²) in [7, 11) is 0. The molecular formula is C9H13KN2O4S. The Labute approximate surface area is 136 Å². The number of hydrogen-bond donors (Lipinski definition) is 4. The van der Waals surface area contributed by atoms with Gasteiger partial charge in [-0.2, -0.15) is 4.21 Å². The van der Waals surface area contributed by atoms with Crippen LogP contribution in [0.25, 0.3) is 0 Å². The van der Waals surface area contributed by atoms with E-state index in [4.69, 9.17) is 13.3 Å². The zero-order valence-electron chi connectivity index (χ0n) is 9.42. The van der Waals surface area contributed by atoms with Gasteiger partial charge in [-0.05, 0) is 0 Å². The third-order valence-corrected chi connectivity index (χ3v) is 2.69. The Morgan fingerprint density at radius 3 is 1.94 bits per heavy atom. The van der Waals surface area contributed by atoms with Crippen molar-refractivity contribution in [2.24, 2.45) is 0 Å². The first-order chi connectivity index (χ1) is 8.02. The average molecular weight is 284 g/mol. The van der Waals surface area contributed by atoms with Crippen LogP contribution in [0.15, 0.2) is 30.3 Å². The number of carbonyl (C=O) groups excluding carboxylic acids is 1. The van der Waals surface area contributed by atoms with Gasteiger partial charge in [0.15, 0.2) is 0 Å².